The van der Waals surface area contributed by atoms with E-state index in [4.69, 9.17) is 16.3 Å². The first-order chi connectivity index (χ1) is 10.5. The molecule has 0 saturated carbocycles. The Morgan fingerprint density at radius 2 is 1.64 bits per heavy atom. The molecule has 0 amide bonds. The predicted molar refractivity (Wildman–Crippen MR) is 91.7 cm³/mol. The van der Waals surface area contributed by atoms with Crippen LogP contribution in [-0.2, 0) is 0 Å². The fraction of sp³-hybridized carbons (Fsp3) is 0.167. The smallest absolute Gasteiger partial charge is 0.229 e. The molecular formula is C18H20ClNO2. The summed E-state index contributed by atoms with van der Waals surface area (Å²) in [5, 5.41) is 3.14. The molecule has 0 fully saturated rings. The van der Waals surface area contributed by atoms with Crippen LogP contribution in [0.1, 0.15) is 15.9 Å². The molecule has 0 spiro atoms. The van der Waals surface area contributed by atoms with E-state index in [-0.39, 0.29) is 11.5 Å². The van der Waals surface area contributed by atoms with Gasteiger partial charge in [-0.05, 0) is 45.3 Å². The predicted octanol–water partition coefficient (Wildman–Crippen LogP) is 4.26. The average Bonchev–Trinajstić information content (AvgIpc) is 2.50. The maximum atomic E-state index is 12.1. The molecule has 0 unspecified atom stereocenters. The molecule has 4 heteroatoms. The zero-order valence-corrected chi connectivity index (χ0v) is 13.8. The summed E-state index contributed by atoms with van der Waals surface area (Å²) in [4.78, 5) is 12.1. The summed E-state index contributed by atoms with van der Waals surface area (Å²) in [6.07, 6.45) is 0. The fourth-order valence-corrected chi connectivity index (χ4v) is 1.81. The number of benzene rings is 2. The number of halogens is 1. The van der Waals surface area contributed by atoms with Gasteiger partial charge in [-0.1, -0.05) is 48.0 Å². The summed E-state index contributed by atoms with van der Waals surface area (Å²) in [5.74, 6) is 0.319. The summed E-state index contributed by atoms with van der Waals surface area (Å²) in [7, 11) is 3.75. The topological polar surface area (TPSA) is 38.3 Å². The van der Waals surface area contributed by atoms with E-state index in [1.165, 1.54) is 0 Å². The second-order valence-electron chi connectivity index (χ2n) is 4.65. The molecule has 0 aliphatic carbocycles. The SMILES string of the molecule is C=C(Oc1ccc(C)cc1)C(=O)c1ccccc1Cl.CNC. The molecule has 1 N–H and O–H groups in total. The zero-order valence-electron chi connectivity index (χ0n) is 13.0. The van der Waals surface area contributed by atoms with Crippen molar-refractivity contribution in [2.75, 3.05) is 14.1 Å². The number of carbonyl (C=O) groups is 1. The van der Waals surface area contributed by atoms with Crippen molar-refractivity contribution in [2.24, 2.45) is 0 Å². The molecule has 0 atom stereocenters. The van der Waals surface area contributed by atoms with Crippen molar-refractivity contribution in [3.8, 4) is 5.75 Å². The Morgan fingerprint density at radius 3 is 2.18 bits per heavy atom. The normalized spacial score (nSPS) is 9.45. The van der Waals surface area contributed by atoms with E-state index in [0.717, 1.165) is 5.56 Å². The van der Waals surface area contributed by atoms with Gasteiger partial charge in [-0.2, -0.15) is 0 Å². The third kappa shape index (κ3) is 5.35. The average molecular weight is 318 g/mol. The molecule has 0 bridgehead atoms. The van der Waals surface area contributed by atoms with E-state index in [1.54, 1.807) is 36.4 Å². The number of ketones is 1. The number of allylic oxidation sites excluding steroid dienone is 1. The molecule has 2 aromatic rings. The van der Waals surface area contributed by atoms with Crippen LogP contribution in [0.15, 0.2) is 60.9 Å². The van der Waals surface area contributed by atoms with Gasteiger partial charge in [0.05, 0.1) is 5.02 Å². The van der Waals surface area contributed by atoms with E-state index in [1.807, 2.05) is 33.2 Å². The van der Waals surface area contributed by atoms with Crippen molar-refractivity contribution < 1.29 is 9.53 Å². The molecule has 3 nitrogen and oxygen atoms in total. The van der Waals surface area contributed by atoms with Crippen molar-refractivity contribution in [3.63, 3.8) is 0 Å². The Morgan fingerprint density at radius 1 is 1.09 bits per heavy atom. The van der Waals surface area contributed by atoms with Gasteiger partial charge in [-0.25, -0.2) is 0 Å². The zero-order chi connectivity index (χ0) is 16.5. The number of hydrogen-bond acceptors (Lipinski definition) is 3. The van der Waals surface area contributed by atoms with Gasteiger partial charge in [-0.3, -0.25) is 4.79 Å². The summed E-state index contributed by atoms with van der Waals surface area (Å²) in [6.45, 7) is 5.64. The van der Waals surface area contributed by atoms with Crippen LogP contribution in [0.25, 0.3) is 0 Å². The second-order valence-corrected chi connectivity index (χ2v) is 5.05. The third-order valence-electron chi connectivity index (χ3n) is 2.63. The lowest BCUT2D eigenvalue weighted by Crippen LogP contribution is -2.08. The van der Waals surface area contributed by atoms with Crippen molar-refractivity contribution in [3.05, 3.63) is 77.0 Å². The summed E-state index contributed by atoms with van der Waals surface area (Å²) in [6, 6.07) is 14.2. The lowest BCUT2D eigenvalue weighted by Gasteiger charge is -2.09. The Bertz CT molecular complexity index is 636. The highest BCUT2D eigenvalue weighted by Gasteiger charge is 2.15. The quantitative estimate of drug-likeness (QED) is 0.520. The van der Waals surface area contributed by atoms with Gasteiger partial charge < -0.3 is 10.1 Å². The molecule has 0 saturated heterocycles. The number of nitrogens with one attached hydrogen (secondary N) is 1. The molecule has 0 aromatic heterocycles. The highest BCUT2D eigenvalue weighted by Crippen LogP contribution is 2.21. The molecule has 2 rings (SSSR count). The highest BCUT2D eigenvalue weighted by atomic mass is 35.5. The fourth-order valence-electron chi connectivity index (χ4n) is 1.59. The monoisotopic (exact) mass is 317 g/mol. The van der Waals surface area contributed by atoms with Gasteiger partial charge >= 0.3 is 0 Å². The Balaban J connectivity index is 0.000000745. The maximum Gasteiger partial charge on any atom is 0.229 e. The Kier molecular flexibility index (Phi) is 7.37. The van der Waals surface area contributed by atoms with Crippen LogP contribution in [0.4, 0.5) is 0 Å². The molecule has 22 heavy (non-hydrogen) atoms. The van der Waals surface area contributed by atoms with Crippen molar-refractivity contribution in [2.45, 2.75) is 6.92 Å². The first-order valence-electron chi connectivity index (χ1n) is 6.80. The Labute approximate surface area is 136 Å². The number of hydrogen-bond donors (Lipinski definition) is 1. The molecule has 0 aliphatic heterocycles. The van der Waals surface area contributed by atoms with E-state index in [0.29, 0.717) is 16.3 Å². The van der Waals surface area contributed by atoms with Crippen LogP contribution in [-0.4, -0.2) is 19.9 Å². The first-order valence-corrected chi connectivity index (χ1v) is 7.18. The van der Waals surface area contributed by atoms with E-state index in [2.05, 4.69) is 11.9 Å². The highest BCUT2D eigenvalue weighted by molar-refractivity contribution is 6.34. The number of rotatable bonds is 4. The molecule has 2 aromatic carbocycles. The number of aryl methyl sites for hydroxylation is 1. The minimum atomic E-state index is -0.314. The Hall–Kier alpha value is -2.10. The lowest BCUT2D eigenvalue weighted by molar-refractivity contribution is 0.0987. The van der Waals surface area contributed by atoms with Crippen molar-refractivity contribution >= 4 is 17.4 Å². The second kappa shape index (κ2) is 9.03. The van der Waals surface area contributed by atoms with Crippen LogP contribution in [0.3, 0.4) is 0 Å². The minimum absolute atomic E-state index is 0.0527. The van der Waals surface area contributed by atoms with Crippen LogP contribution in [0.2, 0.25) is 5.02 Å². The summed E-state index contributed by atoms with van der Waals surface area (Å²) >= 11 is 5.97. The van der Waals surface area contributed by atoms with Crippen molar-refractivity contribution in [1.29, 1.82) is 0 Å². The van der Waals surface area contributed by atoms with Crippen LogP contribution >= 0.6 is 11.6 Å². The van der Waals surface area contributed by atoms with Gasteiger partial charge in [0.25, 0.3) is 0 Å². The van der Waals surface area contributed by atoms with Gasteiger partial charge in [0.2, 0.25) is 5.78 Å². The minimum Gasteiger partial charge on any atom is -0.454 e. The van der Waals surface area contributed by atoms with Crippen LogP contribution < -0.4 is 10.1 Å². The van der Waals surface area contributed by atoms with Gasteiger partial charge in [0.15, 0.2) is 5.76 Å². The van der Waals surface area contributed by atoms with Crippen LogP contribution in [0.5, 0.6) is 5.75 Å². The summed E-state index contributed by atoms with van der Waals surface area (Å²) < 4.78 is 5.44. The molecular weight excluding hydrogens is 298 g/mol. The molecule has 0 radical (unpaired) electrons. The molecule has 116 valence electrons. The standard InChI is InChI=1S/C16H13ClO2.C2H7N/c1-11-7-9-13(10-8-11)19-12(2)16(18)14-5-3-4-6-15(14)17;1-3-2/h3-10H,2H2,1H3;3H,1-2H3. The largest absolute Gasteiger partial charge is 0.454 e. The van der Waals surface area contributed by atoms with Gasteiger partial charge in [0.1, 0.15) is 5.75 Å². The molecule has 0 aliphatic rings. The number of Topliss-reactive ketones (excluding diaryl/α,β-unsaturated/α-hetero) is 1. The molecule has 0 heterocycles. The van der Waals surface area contributed by atoms with E-state index >= 15 is 0 Å². The van der Waals surface area contributed by atoms with E-state index < -0.39 is 0 Å². The lowest BCUT2D eigenvalue weighted by atomic mass is 10.1. The first kappa shape index (κ1) is 18.0. The third-order valence-corrected chi connectivity index (χ3v) is 2.96. The summed E-state index contributed by atoms with van der Waals surface area (Å²) in [5.41, 5.74) is 1.51. The van der Waals surface area contributed by atoms with Gasteiger partial charge in [0, 0.05) is 5.56 Å². The maximum absolute atomic E-state index is 12.1. The number of ether oxygens (including phenoxy) is 1. The number of carbonyl (C=O) groups excluding carboxylic acids is 1. The van der Waals surface area contributed by atoms with Crippen molar-refractivity contribution in [1.82, 2.24) is 5.32 Å². The van der Waals surface area contributed by atoms with Crippen LogP contribution in [0, 0.1) is 6.92 Å². The van der Waals surface area contributed by atoms with Gasteiger partial charge in [-0.15, -0.1) is 0 Å². The van der Waals surface area contributed by atoms with E-state index in [9.17, 15) is 4.79 Å².